The van der Waals surface area contributed by atoms with E-state index in [0.29, 0.717) is 6.42 Å². The number of rotatable bonds is 8. The number of carbonyl (C=O) groups excluding carboxylic acids is 2. The normalized spacial score (nSPS) is 15.1. The SMILES string of the molecule is CCC(C)C(NC(N)=O)C(=O)NCCC(O)C(=O)O. The molecule has 6 N–H and O–H groups in total. The number of nitrogens with two attached hydrogens (primary N) is 1. The number of urea groups is 1. The Hall–Kier alpha value is -1.83. The van der Waals surface area contributed by atoms with Crippen LogP contribution in [0.15, 0.2) is 0 Å². The first-order valence-corrected chi connectivity index (χ1v) is 6.04. The predicted octanol–water partition coefficient (Wildman–Crippen LogP) is -0.979. The maximum absolute atomic E-state index is 11.8. The van der Waals surface area contributed by atoms with E-state index in [1.165, 1.54) is 0 Å². The number of primary amides is 1. The fraction of sp³-hybridized carbons (Fsp3) is 0.727. The van der Waals surface area contributed by atoms with Crippen LogP contribution in [0.2, 0.25) is 0 Å². The van der Waals surface area contributed by atoms with Crippen LogP contribution in [0.1, 0.15) is 26.7 Å². The van der Waals surface area contributed by atoms with Crippen LogP contribution in [0.3, 0.4) is 0 Å². The molecule has 8 nitrogen and oxygen atoms in total. The molecule has 0 saturated heterocycles. The van der Waals surface area contributed by atoms with Crippen molar-refractivity contribution in [1.29, 1.82) is 0 Å². The second kappa shape index (κ2) is 8.30. The van der Waals surface area contributed by atoms with E-state index in [2.05, 4.69) is 10.6 Å². The minimum Gasteiger partial charge on any atom is -0.479 e. The fourth-order valence-electron chi connectivity index (χ4n) is 1.42. The van der Waals surface area contributed by atoms with Gasteiger partial charge in [-0.1, -0.05) is 20.3 Å². The molecule has 0 aromatic heterocycles. The molecule has 0 radical (unpaired) electrons. The summed E-state index contributed by atoms with van der Waals surface area (Å²) >= 11 is 0. The van der Waals surface area contributed by atoms with Crippen LogP contribution in [-0.4, -0.2) is 46.8 Å². The lowest BCUT2D eigenvalue weighted by molar-refractivity contribution is -0.147. The van der Waals surface area contributed by atoms with E-state index in [1.54, 1.807) is 6.92 Å². The molecule has 3 amide bonds. The summed E-state index contributed by atoms with van der Waals surface area (Å²) in [5.41, 5.74) is 4.99. The van der Waals surface area contributed by atoms with Crippen LogP contribution in [0.25, 0.3) is 0 Å². The molecular weight excluding hydrogens is 254 g/mol. The van der Waals surface area contributed by atoms with Gasteiger partial charge < -0.3 is 26.6 Å². The van der Waals surface area contributed by atoms with Crippen molar-refractivity contribution < 1.29 is 24.6 Å². The van der Waals surface area contributed by atoms with Crippen molar-refractivity contribution in [2.45, 2.75) is 38.8 Å². The zero-order chi connectivity index (χ0) is 15.0. The molecule has 0 rings (SSSR count). The van der Waals surface area contributed by atoms with Gasteiger partial charge in [-0.2, -0.15) is 0 Å². The number of carbonyl (C=O) groups is 3. The Morgan fingerprint density at radius 3 is 2.32 bits per heavy atom. The third-order valence-corrected chi connectivity index (χ3v) is 2.80. The zero-order valence-corrected chi connectivity index (χ0v) is 11.0. The molecule has 0 aliphatic rings. The number of hydrogen-bond acceptors (Lipinski definition) is 4. The molecule has 0 bridgehead atoms. The highest BCUT2D eigenvalue weighted by atomic mass is 16.4. The van der Waals surface area contributed by atoms with E-state index < -0.39 is 30.1 Å². The smallest absolute Gasteiger partial charge is 0.332 e. The first-order chi connectivity index (χ1) is 8.79. The lowest BCUT2D eigenvalue weighted by Gasteiger charge is -2.22. The van der Waals surface area contributed by atoms with Crippen molar-refractivity contribution in [2.75, 3.05) is 6.54 Å². The molecule has 0 aromatic rings. The molecular formula is C11H21N3O5. The summed E-state index contributed by atoms with van der Waals surface area (Å²) in [6, 6.07) is -1.57. The molecule has 0 aliphatic heterocycles. The number of hydrogen-bond donors (Lipinski definition) is 5. The maximum Gasteiger partial charge on any atom is 0.332 e. The second-order valence-electron chi connectivity index (χ2n) is 4.31. The van der Waals surface area contributed by atoms with Crippen molar-refractivity contribution in [3.63, 3.8) is 0 Å². The predicted molar refractivity (Wildman–Crippen MR) is 67.2 cm³/mol. The minimum atomic E-state index is -1.52. The van der Waals surface area contributed by atoms with E-state index >= 15 is 0 Å². The van der Waals surface area contributed by atoms with Gasteiger partial charge in [-0.25, -0.2) is 9.59 Å². The molecule has 0 saturated carbocycles. The molecule has 0 heterocycles. The quantitative estimate of drug-likeness (QED) is 0.387. The molecule has 0 aliphatic carbocycles. The van der Waals surface area contributed by atoms with Gasteiger partial charge in [0.25, 0.3) is 0 Å². The maximum atomic E-state index is 11.8. The molecule has 3 unspecified atom stereocenters. The van der Waals surface area contributed by atoms with E-state index in [-0.39, 0.29) is 18.9 Å². The Bertz CT molecular complexity index is 334. The summed E-state index contributed by atoms with van der Waals surface area (Å²) in [5, 5.41) is 22.3. The van der Waals surface area contributed by atoms with Crippen LogP contribution in [0, 0.1) is 5.92 Å². The molecule has 19 heavy (non-hydrogen) atoms. The Morgan fingerprint density at radius 2 is 1.89 bits per heavy atom. The Balaban J connectivity index is 4.32. The number of aliphatic hydroxyl groups is 1. The summed E-state index contributed by atoms with van der Waals surface area (Å²) in [6.45, 7) is 3.65. The van der Waals surface area contributed by atoms with Crippen LogP contribution in [0.5, 0.6) is 0 Å². The number of nitrogens with one attached hydrogen (secondary N) is 2. The molecule has 0 spiro atoms. The number of carboxylic acids is 1. The van der Waals surface area contributed by atoms with Crippen LogP contribution in [-0.2, 0) is 9.59 Å². The van der Waals surface area contributed by atoms with Crippen molar-refractivity contribution in [1.82, 2.24) is 10.6 Å². The number of carboxylic acid groups (broad SMARTS) is 1. The van der Waals surface area contributed by atoms with Gasteiger partial charge in [-0.05, 0) is 5.92 Å². The Morgan fingerprint density at radius 1 is 1.32 bits per heavy atom. The zero-order valence-electron chi connectivity index (χ0n) is 11.0. The average Bonchev–Trinajstić information content (AvgIpc) is 2.34. The lowest BCUT2D eigenvalue weighted by atomic mass is 9.98. The van der Waals surface area contributed by atoms with Crippen molar-refractivity contribution >= 4 is 17.9 Å². The monoisotopic (exact) mass is 275 g/mol. The highest BCUT2D eigenvalue weighted by molar-refractivity contribution is 5.86. The van der Waals surface area contributed by atoms with Crippen molar-refractivity contribution in [2.24, 2.45) is 11.7 Å². The first kappa shape index (κ1) is 17.2. The van der Waals surface area contributed by atoms with Gasteiger partial charge in [0.05, 0.1) is 0 Å². The number of aliphatic hydroxyl groups excluding tert-OH is 1. The summed E-state index contributed by atoms with van der Waals surface area (Å²) in [5.74, 6) is -1.91. The van der Waals surface area contributed by atoms with Crippen LogP contribution >= 0.6 is 0 Å². The molecule has 3 atom stereocenters. The van der Waals surface area contributed by atoms with Gasteiger partial charge in [0.2, 0.25) is 5.91 Å². The molecule has 0 aromatic carbocycles. The Kier molecular flexibility index (Phi) is 7.50. The summed E-state index contributed by atoms with van der Waals surface area (Å²) in [6.07, 6.45) is -0.965. The average molecular weight is 275 g/mol. The van der Waals surface area contributed by atoms with Gasteiger partial charge in [-0.15, -0.1) is 0 Å². The topological polar surface area (TPSA) is 142 Å². The van der Waals surface area contributed by atoms with Crippen molar-refractivity contribution in [3.05, 3.63) is 0 Å². The van der Waals surface area contributed by atoms with E-state index in [9.17, 15) is 14.4 Å². The van der Waals surface area contributed by atoms with Gasteiger partial charge in [0, 0.05) is 13.0 Å². The first-order valence-electron chi connectivity index (χ1n) is 6.04. The van der Waals surface area contributed by atoms with E-state index in [0.717, 1.165) is 0 Å². The Labute approximate surface area is 111 Å². The van der Waals surface area contributed by atoms with E-state index in [4.69, 9.17) is 15.9 Å². The molecule has 110 valence electrons. The largest absolute Gasteiger partial charge is 0.479 e. The van der Waals surface area contributed by atoms with Crippen LogP contribution < -0.4 is 16.4 Å². The third kappa shape index (κ3) is 6.61. The van der Waals surface area contributed by atoms with Gasteiger partial charge in [0.15, 0.2) is 6.10 Å². The van der Waals surface area contributed by atoms with Crippen LogP contribution in [0.4, 0.5) is 4.79 Å². The van der Waals surface area contributed by atoms with E-state index in [1.807, 2.05) is 6.92 Å². The van der Waals surface area contributed by atoms with Gasteiger partial charge in [0.1, 0.15) is 6.04 Å². The third-order valence-electron chi connectivity index (χ3n) is 2.80. The van der Waals surface area contributed by atoms with Gasteiger partial charge >= 0.3 is 12.0 Å². The highest BCUT2D eigenvalue weighted by Gasteiger charge is 2.25. The number of amides is 3. The number of aliphatic carboxylic acids is 1. The summed E-state index contributed by atoms with van der Waals surface area (Å²) in [7, 11) is 0. The molecule has 8 heteroatoms. The molecule has 0 fully saturated rings. The summed E-state index contributed by atoms with van der Waals surface area (Å²) in [4.78, 5) is 33.0. The van der Waals surface area contributed by atoms with Crippen molar-refractivity contribution in [3.8, 4) is 0 Å². The second-order valence-corrected chi connectivity index (χ2v) is 4.31. The lowest BCUT2D eigenvalue weighted by Crippen LogP contribution is -2.52. The fourth-order valence-corrected chi connectivity index (χ4v) is 1.42. The highest BCUT2D eigenvalue weighted by Crippen LogP contribution is 2.07. The standard InChI is InChI=1S/C11H21N3O5/c1-3-6(2)8(14-11(12)19)9(16)13-5-4-7(15)10(17)18/h6-8,15H,3-5H2,1-2H3,(H,13,16)(H,17,18)(H3,12,14,19). The summed E-state index contributed by atoms with van der Waals surface area (Å²) < 4.78 is 0. The minimum absolute atomic E-state index is 0.000321. The van der Waals surface area contributed by atoms with Gasteiger partial charge in [-0.3, -0.25) is 4.79 Å².